The van der Waals surface area contributed by atoms with Crippen molar-refractivity contribution < 1.29 is 4.74 Å². The number of ether oxygens (including phenoxy) is 1. The molecule has 5 heteroatoms. The molecule has 2 fully saturated rings. The highest BCUT2D eigenvalue weighted by Gasteiger charge is 2.47. The molecule has 0 N–H and O–H groups in total. The van der Waals surface area contributed by atoms with Crippen molar-refractivity contribution in [2.24, 2.45) is 11.3 Å². The van der Waals surface area contributed by atoms with Crippen molar-refractivity contribution in [3.63, 3.8) is 0 Å². The van der Waals surface area contributed by atoms with Gasteiger partial charge >= 0.3 is 0 Å². The molecule has 4 rings (SSSR count). The van der Waals surface area contributed by atoms with Crippen molar-refractivity contribution in [3.8, 4) is 0 Å². The molecule has 0 bridgehead atoms. The summed E-state index contributed by atoms with van der Waals surface area (Å²) >= 11 is 0. The molecular formula is C22H34N4O. The number of fused-ring (bicyclic) bond motifs is 1. The van der Waals surface area contributed by atoms with E-state index in [1.165, 1.54) is 12.8 Å². The number of morpholine rings is 1. The van der Waals surface area contributed by atoms with Crippen LogP contribution in [-0.2, 0) is 10.4 Å². The zero-order valence-corrected chi connectivity index (χ0v) is 17.5. The quantitative estimate of drug-likeness (QED) is 0.784. The Morgan fingerprint density at radius 1 is 1.04 bits per heavy atom. The lowest BCUT2D eigenvalue weighted by Crippen LogP contribution is -2.60. The van der Waals surface area contributed by atoms with Gasteiger partial charge in [0, 0.05) is 13.1 Å². The fraction of sp³-hybridized carbons (Fsp3) is 0.727. The lowest BCUT2D eigenvalue weighted by atomic mass is 9.69. The molecule has 0 amide bonds. The van der Waals surface area contributed by atoms with E-state index >= 15 is 0 Å². The Labute approximate surface area is 163 Å². The van der Waals surface area contributed by atoms with E-state index in [1.807, 2.05) is 6.07 Å². The van der Waals surface area contributed by atoms with Gasteiger partial charge in [-0.2, -0.15) is 0 Å². The van der Waals surface area contributed by atoms with E-state index in [0.717, 1.165) is 42.9 Å². The molecule has 5 nitrogen and oxygen atoms in total. The highest BCUT2D eigenvalue weighted by Crippen LogP contribution is 2.47. The third kappa shape index (κ3) is 3.40. The molecule has 2 aliphatic rings. The highest BCUT2D eigenvalue weighted by atomic mass is 16.5. The van der Waals surface area contributed by atoms with Crippen molar-refractivity contribution in [2.75, 3.05) is 13.1 Å². The standard InChI is InChI=1S/C22H34N4O/c1-16-14-25(15-17(2)27-16)22(12-10-18(11-13-22)21(3,4)5)26-20-9-7-6-8-19(20)23-24-26/h6-9,16-18H,10-15H2,1-5H3/t16-,17-,18?,22?/m1/s1. The van der Waals surface area contributed by atoms with Crippen molar-refractivity contribution >= 4 is 11.0 Å². The summed E-state index contributed by atoms with van der Waals surface area (Å²) < 4.78 is 8.29. The van der Waals surface area contributed by atoms with Gasteiger partial charge in [0.25, 0.3) is 0 Å². The van der Waals surface area contributed by atoms with Gasteiger partial charge in [-0.05, 0) is 63.0 Å². The predicted molar refractivity (Wildman–Crippen MR) is 108 cm³/mol. The highest BCUT2D eigenvalue weighted by molar-refractivity contribution is 5.74. The lowest BCUT2D eigenvalue weighted by Gasteiger charge is -2.52. The maximum atomic E-state index is 6.05. The SMILES string of the molecule is C[C@@H]1CN(C2(n3nnc4ccccc43)CCC(C(C)(C)C)CC2)C[C@@H](C)O1. The van der Waals surface area contributed by atoms with Crippen LogP contribution in [0.4, 0.5) is 0 Å². The number of aromatic nitrogens is 3. The molecular weight excluding hydrogens is 336 g/mol. The van der Waals surface area contributed by atoms with Gasteiger partial charge in [0.05, 0.1) is 17.7 Å². The molecule has 1 aliphatic heterocycles. The first kappa shape index (κ1) is 18.9. The molecule has 1 aliphatic carbocycles. The van der Waals surface area contributed by atoms with E-state index in [2.05, 4.69) is 72.7 Å². The summed E-state index contributed by atoms with van der Waals surface area (Å²) in [7, 11) is 0. The Hall–Kier alpha value is -1.46. The van der Waals surface area contributed by atoms with Gasteiger partial charge in [-0.15, -0.1) is 5.10 Å². The van der Waals surface area contributed by atoms with Gasteiger partial charge in [-0.3, -0.25) is 4.90 Å². The number of rotatable bonds is 2. The second-order valence-electron chi connectivity index (χ2n) is 9.78. The van der Waals surface area contributed by atoms with Crippen molar-refractivity contribution in [1.82, 2.24) is 19.9 Å². The Kier molecular flexibility index (Phi) is 4.79. The van der Waals surface area contributed by atoms with E-state index < -0.39 is 0 Å². The van der Waals surface area contributed by atoms with Crippen LogP contribution >= 0.6 is 0 Å². The smallest absolute Gasteiger partial charge is 0.117 e. The van der Waals surface area contributed by atoms with Gasteiger partial charge in [0.1, 0.15) is 11.2 Å². The summed E-state index contributed by atoms with van der Waals surface area (Å²) in [4.78, 5) is 2.64. The van der Waals surface area contributed by atoms with E-state index in [4.69, 9.17) is 4.74 Å². The van der Waals surface area contributed by atoms with Crippen LogP contribution in [-0.4, -0.2) is 45.2 Å². The maximum absolute atomic E-state index is 6.05. The largest absolute Gasteiger partial charge is 0.373 e. The Bertz CT molecular complexity index is 775. The molecule has 1 saturated heterocycles. The Balaban J connectivity index is 1.74. The van der Waals surface area contributed by atoms with Gasteiger partial charge in [-0.25, -0.2) is 4.68 Å². The van der Waals surface area contributed by atoms with Crippen LogP contribution in [0.15, 0.2) is 24.3 Å². The first-order valence-corrected chi connectivity index (χ1v) is 10.5. The minimum absolute atomic E-state index is 0.0931. The average molecular weight is 371 g/mol. The van der Waals surface area contributed by atoms with Crippen molar-refractivity contribution in [2.45, 2.75) is 78.2 Å². The van der Waals surface area contributed by atoms with Gasteiger partial charge in [-0.1, -0.05) is 38.1 Å². The molecule has 1 saturated carbocycles. The third-order valence-corrected chi connectivity index (χ3v) is 6.77. The molecule has 1 aromatic carbocycles. The topological polar surface area (TPSA) is 43.2 Å². The summed E-state index contributed by atoms with van der Waals surface area (Å²) in [5.41, 5.74) is 2.41. The molecule has 148 valence electrons. The molecule has 2 atom stereocenters. The first-order chi connectivity index (χ1) is 12.8. The summed E-state index contributed by atoms with van der Waals surface area (Å²) in [6, 6.07) is 8.38. The monoisotopic (exact) mass is 370 g/mol. The second kappa shape index (κ2) is 6.85. The average Bonchev–Trinajstić information content (AvgIpc) is 3.05. The van der Waals surface area contributed by atoms with Crippen LogP contribution in [0.5, 0.6) is 0 Å². The van der Waals surface area contributed by atoms with Crippen molar-refractivity contribution in [3.05, 3.63) is 24.3 Å². The number of para-hydroxylation sites is 1. The van der Waals surface area contributed by atoms with Crippen LogP contribution in [0.1, 0.15) is 60.3 Å². The molecule has 1 aromatic heterocycles. The number of benzene rings is 1. The van der Waals surface area contributed by atoms with E-state index in [9.17, 15) is 0 Å². The first-order valence-electron chi connectivity index (χ1n) is 10.5. The van der Waals surface area contributed by atoms with Crippen LogP contribution in [0.2, 0.25) is 0 Å². The Morgan fingerprint density at radius 2 is 1.67 bits per heavy atom. The molecule has 2 heterocycles. The zero-order chi connectivity index (χ0) is 19.2. The molecule has 0 spiro atoms. The molecule has 2 aromatic rings. The fourth-order valence-electron chi connectivity index (χ4n) is 5.30. The molecule has 0 unspecified atom stereocenters. The van der Waals surface area contributed by atoms with Crippen LogP contribution in [0.3, 0.4) is 0 Å². The van der Waals surface area contributed by atoms with Crippen LogP contribution in [0.25, 0.3) is 11.0 Å². The fourth-order valence-corrected chi connectivity index (χ4v) is 5.30. The maximum Gasteiger partial charge on any atom is 0.117 e. The van der Waals surface area contributed by atoms with Gasteiger partial charge in [0.15, 0.2) is 0 Å². The number of nitrogens with zero attached hydrogens (tertiary/aromatic N) is 4. The number of hydrogen-bond acceptors (Lipinski definition) is 4. The Morgan fingerprint density at radius 3 is 2.30 bits per heavy atom. The normalized spacial score (nSPS) is 33.4. The summed E-state index contributed by atoms with van der Waals surface area (Å²) in [6.45, 7) is 13.4. The summed E-state index contributed by atoms with van der Waals surface area (Å²) in [5, 5.41) is 9.18. The third-order valence-electron chi connectivity index (χ3n) is 6.77. The van der Waals surface area contributed by atoms with Gasteiger partial charge in [0.2, 0.25) is 0 Å². The second-order valence-corrected chi connectivity index (χ2v) is 9.78. The molecule has 0 radical (unpaired) electrons. The summed E-state index contributed by atoms with van der Waals surface area (Å²) in [6.07, 6.45) is 5.22. The zero-order valence-electron chi connectivity index (χ0n) is 17.5. The minimum atomic E-state index is -0.0931. The van der Waals surface area contributed by atoms with Crippen LogP contribution in [0, 0.1) is 11.3 Å². The van der Waals surface area contributed by atoms with Crippen LogP contribution < -0.4 is 0 Å². The van der Waals surface area contributed by atoms with Crippen molar-refractivity contribution in [1.29, 1.82) is 0 Å². The van der Waals surface area contributed by atoms with Gasteiger partial charge < -0.3 is 4.74 Å². The van der Waals surface area contributed by atoms with E-state index in [-0.39, 0.29) is 17.9 Å². The summed E-state index contributed by atoms with van der Waals surface area (Å²) in [5.74, 6) is 0.760. The van der Waals surface area contributed by atoms with E-state index in [0.29, 0.717) is 5.41 Å². The number of hydrogen-bond donors (Lipinski definition) is 0. The molecule has 27 heavy (non-hydrogen) atoms. The minimum Gasteiger partial charge on any atom is -0.373 e. The predicted octanol–water partition coefficient (Wildman–Crippen LogP) is 4.43. The lowest BCUT2D eigenvalue weighted by molar-refractivity contribution is -0.143. The van der Waals surface area contributed by atoms with E-state index in [1.54, 1.807) is 0 Å².